The van der Waals surface area contributed by atoms with Crippen molar-refractivity contribution in [3.8, 4) is 0 Å². The van der Waals surface area contributed by atoms with Crippen LogP contribution in [0.15, 0.2) is 28.9 Å². The van der Waals surface area contributed by atoms with Gasteiger partial charge in [-0.05, 0) is 37.6 Å². The van der Waals surface area contributed by atoms with Crippen LogP contribution >= 0.6 is 0 Å². The number of nitrogens with one attached hydrogen (secondary N) is 1. The molecule has 1 atom stereocenters. The number of carbonyl (C=O) groups is 1. The zero-order valence-corrected chi connectivity index (χ0v) is 10.8. The molecule has 98 valence electrons. The Balaban J connectivity index is 1.80. The maximum absolute atomic E-state index is 11.9. The van der Waals surface area contributed by atoms with Crippen LogP contribution in [0, 0.1) is 0 Å². The normalized spacial score (nSPS) is 20.2. The standard InChI is InChI=1S/C14H20N2O2/c1-16(11-12-5-2-3-9-15-12)14(17)8-7-13-6-4-10-18-13/h4,6-8,10,12,15H,2-3,5,9,11H2,1H3/b8-7+. The molecule has 1 saturated heterocycles. The predicted molar refractivity (Wildman–Crippen MR) is 71.0 cm³/mol. The lowest BCUT2D eigenvalue weighted by Crippen LogP contribution is -2.43. The number of amides is 1. The molecule has 0 radical (unpaired) electrons. The lowest BCUT2D eigenvalue weighted by atomic mass is 10.0. The van der Waals surface area contributed by atoms with Crippen molar-refractivity contribution in [2.75, 3.05) is 20.1 Å². The first-order chi connectivity index (χ1) is 8.75. The molecule has 1 amide bonds. The Morgan fingerprint density at radius 1 is 1.61 bits per heavy atom. The minimum Gasteiger partial charge on any atom is -0.465 e. The van der Waals surface area contributed by atoms with Gasteiger partial charge in [-0.1, -0.05) is 6.42 Å². The average Bonchev–Trinajstić information content (AvgIpc) is 2.90. The molecule has 1 aromatic rings. The fourth-order valence-electron chi connectivity index (χ4n) is 2.17. The van der Waals surface area contributed by atoms with Gasteiger partial charge in [-0.3, -0.25) is 4.79 Å². The van der Waals surface area contributed by atoms with E-state index < -0.39 is 0 Å². The monoisotopic (exact) mass is 248 g/mol. The number of likely N-dealkylation sites (N-methyl/N-ethyl adjacent to an activating group) is 1. The number of furan rings is 1. The fraction of sp³-hybridized carbons (Fsp3) is 0.500. The Bertz CT molecular complexity index is 392. The highest BCUT2D eigenvalue weighted by atomic mass is 16.3. The van der Waals surface area contributed by atoms with Crippen LogP contribution in [0.5, 0.6) is 0 Å². The highest BCUT2D eigenvalue weighted by molar-refractivity contribution is 5.91. The van der Waals surface area contributed by atoms with Gasteiger partial charge in [-0.2, -0.15) is 0 Å². The average molecular weight is 248 g/mol. The van der Waals surface area contributed by atoms with E-state index >= 15 is 0 Å². The highest BCUT2D eigenvalue weighted by Gasteiger charge is 2.16. The van der Waals surface area contributed by atoms with E-state index in [-0.39, 0.29) is 5.91 Å². The number of nitrogens with zero attached hydrogens (tertiary/aromatic N) is 1. The van der Waals surface area contributed by atoms with Gasteiger partial charge in [-0.15, -0.1) is 0 Å². The second-order valence-corrected chi connectivity index (χ2v) is 4.71. The first-order valence-corrected chi connectivity index (χ1v) is 6.46. The van der Waals surface area contributed by atoms with E-state index in [1.54, 1.807) is 29.4 Å². The lowest BCUT2D eigenvalue weighted by molar-refractivity contribution is -0.125. The summed E-state index contributed by atoms with van der Waals surface area (Å²) >= 11 is 0. The van der Waals surface area contributed by atoms with Gasteiger partial charge in [0.2, 0.25) is 5.91 Å². The molecular formula is C14H20N2O2. The van der Waals surface area contributed by atoms with E-state index in [2.05, 4.69) is 5.32 Å². The van der Waals surface area contributed by atoms with Crippen LogP contribution in [0.1, 0.15) is 25.0 Å². The van der Waals surface area contributed by atoms with Crippen LogP contribution in [-0.4, -0.2) is 37.0 Å². The summed E-state index contributed by atoms with van der Waals surface area (Å²) in [4.78, 5) is 13.6. The number of hydrogen-bond acceptors (Lipinski definition) is 3. The number of hydrogen-bond donors (Lipinski definition) is 1. The van der Waals surface area contributed by atoms with Crippen LogP contribution in [0.25, 0.3) is 6.08 Å². The molecule has 0 aromatic carbocycles. The van der Waals surface area contributed by atoms with Gasteiger partial charge < -0.3 is 14.6 Å². The second kappa shape index (κ2) is 6.40. The third kappa shape index (κ3) is 3.74. The molecule has 1 aromatic heterocycles. The van der Waals surface area contributed by atoms with Crippen molar-refractivity contribution in [3.63, 3.8) is 0 Å². The van der Waals surface area contributed by atoms with Crippen molar-refractivity contribution < 1.29 is 9.21 Å². The van der Waals surface area contributed by atoms with E-state index in [1.807, 2.05) is 13.1 Å². The Morgan fingerprint density at radius 3 is 3.17 bits per heavy atom. The van der Waals surface area contributed by atoms with Gasteiger partial charge in [0.15, 0.2) is 0 Å². The molecule has 0 spiro atoms. The molecular weight excluding hydrogens is 228 g/mol. The summed E-state index contributed by atoms with van der Waals surface area (Å²) in [6, 6.07) is 4.07. The van der Waals surface area contributed by atoms with Crippen LogP contribution < -0.4 is 5.32 Å². The molecule has 4 nitrogen and oxygen atoms in total. The predicted octanol–water partition coefficient (Wildman–Crippen LogP) is 1.89. The van der Waals surface area contributed by atoms with Crippen LogP contribution in [0.4, 0.5) is 0 Å². The zero-order valence-electron chi connectivity index (χ0n) is 10.8. The minimum absolute atomic E-state index is 0.0128. The Morgan fingerprint density at radius 2 is 2.50 bits per heavy atom. The summed E-state index contributed by atoms with van der Waals surface area (Å²) in [6.45, 7) is 1.83. The number of rotatable bonds is 4. The van der Waals surface area contributed by atoms with E-state index in [0.29, 0.717) is 11.8 Å². The molecule has 1 aliphatic heterocycles. The zero-order chi connectivity index (χ0) is 12.8. The molecule has 18 heavy (non-hydrogen) atoms. The first kappa shape index (κ1) is 12.9. The Hall–Kier alpha value is -1.55. The summed E-state index contributed by atoms with van der Waals surface area (Å²) in [5.74, 6) is 0.714. The van der Waals surface area contributed by atoms with Crippen molar-refractivity contribution in [3.05, 3.63) is 30.2 Å². The second-order valence-electron chi connectivity index (χ2n) is 4.71. The van der Waals surface area contributed by atoms with Gasteiger partial charge in [0.1, 0.15) is 5.76 Å². The molecule has 1 aliphatic rings. The highest BCUT2D eigenvalue weighted by Crippen LogP contribution is 2.08. The van der Waals surface area contributed by atoms with Crippen molar-refractivity contribution in [1.29, 1.82) is 0 Å². The van der Waals surface area contributed by atoms with E-state index in [0.717, 1.165) is 19.5 Å². The van der Waals surface area contributed by atoms with Gasteiger partial charge >= 0.3 is 0 Å². The smallest absolute Gasteiger partial charge is 0.246 e. The molecule has 0 bridgehead atoms. The van der Waals surface area contributed by atoms with E-state index in [4.69, 9.17) is 4.42 Å². The van der Waals surface area contributed by atoms with Gasteiger partial charge in [0.05, 0.1) is 6.26 Å². The molecule has 2 heterocycles. The van der Waals surface area contributed by atoms with Crippen molar-refractivity contribution in [2.24, 2.45) is 0 Å². The van der Waals surface area contributed by atoms with Crippen molar-refractivity contribution >= 4 is 12.0 Å². The topological polar surface area (TPSA) is 45.5 Å². The summed E-state index contributed by atoms with van der Waals surface area (Å²) < 4.78 is 5.14. The Labute approximate surface area is 108 Å². The van der Waals surface area contributed by atoms with Crippen LogP contribution in [0.3, 0.4) is 0 Å². The summed E-state index contributed by atoms with van der Waals surface area (Å²) in [5, 5.41) is 3.44. The molecule has 1 unspecified atom stereocenters. The molecule has 2 rings (SSSR count). The third-order valence-corrected chi connectivity index (χ3v) is 3.22. The maximum Gasteiger partial charge on any atom is 0.246 e. The molecule has 0 saturated carbocycles. The Kier molecular flexibility index (Phi) is 4.59. The van der Waals surface area contributed by atoms with Gasteiger partial charge in [0.25, 0.3) is 0 Å². The van der Waals surface area contributed by atoms with Crippen molar-refractivity contribution in [1.82, 2.24) is 10.2 Å². The quantitative estimate of drug-likeness (QED) is 0.828. The van der Waals surface area contributed by atoms with E-state index in [9.17, 15) is 4.79 Å². The number of carbonyl (C=O) groups excluding carboxylic acids is 1. The van der Waals surface area contributed by atoms with Crippen LogP contribution in [0.2, 0.25) is 0 Å². The SMILES string of the molecule is CN(CC1CCCCN1)C(=O)/C=C/c1ccco1. The minimum atomic E-state index is 0.0128. The summed E-state index contributed by atoms with van der Waals surface area (Å²) in [6.07, 6.45) is 8.50. The van der Waals surface area contributed by atoms with Crippen LogP contribution in [-0.2, 0) is 4.79 Å². The molecule has 0 aliphatic carbocycles. The van der Waals surface area contributed by atoms with Crippen molar-refractivity contribution in [2.45, 2.75) is 25.3 Å². The summed E-state index contributed by atoms with van der Waals surface area (Å²) in [5.41, 5.74) is 0. The maximum atomic E-state index is 11.9. The third-order valence-electron chi connectivity index (χ3n) is 3.22. The first-order valence-electron chi connectivity index (χ1n) is 6.46. The van der Waals surface area contributed by atoms with E-state index in [1.165, 1.54) is 12.8 Å². The summed E-state index contributed by atoms with van der Waals surface area (Å²) in [7, 11) is 1.84. The fourth-order valence-corrected chi connectivity index (χ4v) is 2.17. The molecule has 1 fully saturated rings. The van der Waals surface area contributed by atoms with Gasteiger partial charge in [0, 0.05) is 25.7 Å². The largest absolute Gasteiger partial charge is 0.465 e. The lowest BCUT2D eigenvalue weighted by Gasteiger charge is -2.27. The number of piperidine rings is 1. The molecule has 4 heteroatoms. The van der Waals surface area contributed by atoms with Gasteiger partial charge in [-0.25, -0.2) is 0 Å². The molecule has 1 N–H and O–H groups in total.